The number of hydrogen-bond acceptors (Lipinski definition) is 10. The van der Waals surface area contributed by atoms with Crippen LogP contribution in [0.2, 0.25) is 9.36 Å². The fourth-order valence-corrected chi connectivity index (χ4v) is 5.91. The number of ketones is 1. The predicted octanol–water partition coefficient (Wildman–Crippen LogP) is 2.20. The Labute approximate surface area is 226 Å². The van der Waals surface area contributed by atoms with Crippen molar-refractivity contribution in [3.8, 4) is 0 Å². The van der Waals surface area contributed by atoms with E-state index in [-0.39, 0.29) is 22.7 Å². The maximum absolute atomic E-state index is 13.4. The highest BCUT2D eigenvalue weighted by molar-refractivity contribution is 7.83. The molecule has 0 bridgehead atoms. The molecule has 3 aromatic rings. The van der Waals surface area contributed by atoms with Gasteiger partial charge in [-0.15, -0.1) is 11.3 Å². The summed E-state index contributed by atoms with van der Waals surface area (Å²) in [6.45, 7) is 0.981. The van der Waals surface area contributed by atoms with Gasteiger partial charge in [0, 0.05) is 29.2 Å². The van der Waals surface area contributed by atoms with Crippen molar-refractivity contribution >= 4 is 56.4 Å². The summed E-state index contributed by atoms with van der Waals surface area (Å²) >= 11 is 13.5. The summed E-state index contributed by atoms with van der Waals surface area (Å²) in [6, 6.07) is 7.18. The first kappa shape index (κ1) is 27.8. The number of hydrogen-bond donors (Lipinski definition) is 6. The van der Waals surface area contributed by atoms with Gasteiger partial charge in [0.05, 0.1) is 33.0 Å². The average molecular weight is 587 g/mol. The highest BCUT2D eigenvalue weighted by Gasteiger charge is 2.42. The first-order valence-corrected chi connectivity index (χ1v) is 13.8. The summed E-state index contributed by atoms with van der Waals surface area (Å²) < 4.78 is 32.9. The fourth-order valence-electron chi connectivity index (χ4n) is 4.05. The minimum Gasteiger partial charge on any atom is -0.390 e. The molecular weight excluding hydrogens is 565 g/mol. The maximum Gasteiger partial charge on any atom is 0.333 e. The summed E-state index contributed by atoms with van der Waals surface area (Å²) in [7, 11) is -4.51. The molecule has 0 spiro atoms. The smallest absolute Gasteiger partial charge is 0.333 e. The second kappa shape index (κ2) is 11.3. The number of aliphatic hydroxyl groups is 2. The molecule has 1 saturated carbocycles. The van der Waals surface area contributed by atoms with E-state index in [1.807, 2.05) is 0 Å². The minimum atomic E-state index is -4.51. The van der Waals surface area contributed by atoms with Crippen molar-refractivity contribution in [2.24, 2.45) is 11.7 Å². The number of aromatic nitrogens is 2. The van der Waals surface area contributed by atoms with Gasteiger partial charge >= 0.3 is 10.3 Å². The summed E-state index contributed by atoms with van der Waals surface area (Å²) in [6.07, 6.45) is -0.0580. The molecule has 11 nitrogen and oxygen atoms in total. The lowest BCUT2D eigenvalue weighted by molar-refractivity contribution is 0.0228. The van der Waals surface area contributed by atoms with Gasteiger partial charge in [-0.2, -0.15) is 13.1 Å². The Morgan fingerprint density at radius 2 is 2.00 bits per heavy atom. The number of benzene rings is 1. The normalized spacial score (nSPS) is 22.6. The zero-order valence-corrected chi connectivity index (χ0v) is 22.0. The van der Waals surface area contributed by atoms with Gasteiger partial charge in [-0.05, 0) is 30.2 Å². The Morgan fingerprint density at radius 1 is 1.24 bits per heavy atom. The van der Waals surface area contributed by atoms with E-state index >= 15 is 0 Å². The molecule has 0 saturated heterocycles. The molecule has 2 aromatic heterocycles. The third kappa shape index (κ3) is 6.45. The highest BCUT2D eigenvalue weighted by Crippen LogP contribution is 2.36. The zero-order chi connectivity index (χ0) is 26.9. The molecule has 4 rings (SSSR count). The van der Waals surface area contributed by atoms with Gasteiger partial charge in [-0.1, -0.05) is 35.3 Å². The number of anilines is 1. The van der Waals surface area contributed by atoms with Crippen molar-refractivity contribution in [2.45, 2.75) is 30.7 Å². The van der Waals surface area contributed by atoms with Gasteiger partial charge < -0.3 is 21.3 Å². The second-order valence-electron chi connectivity index (χ2n) is 8.38. The van der Waals surface area contributed by atoms with Crippen LogP contribution in [0.25, 0.3) is 0 Å². The maximum atomic E-state index is 13.4. The molecule has 0 aliphatic heterocycles. The van der Waals surface area contributed by atoms with Crippen molar-refractivity contribution in [1.82, 2.24) is 14.7 Å². The molecule has 1 radical (unpaired) electrons. The number of carbonyl (C=O) groups is 1. The molecular formula is C22H22Cl2N5O6S2. The van der Waals surface area contributed by atoms with Crippen LogP contribution >= 0.6 is 34.5 Å². The van der Waals surface area contributed by atoms with Crippen LogP contribution in [0.1, 0.15) is 38.8 Å². The summed E-state index contributed by atoms with van der Waals surface area (Å²) in [5.74, 6) is -1.16. The number of nitrogens with two attached hydrogens (primary N) is 1. The van der Waals surface area contributed by atoms with Crippen molar-refractivity contribution in [3.63, 3.8) is 0 Å². The Hall–Kier alpha value is -2.20. The largest absolute Gasteiger partial charge is 0.390 e. The number of aliphatic hydroxyl groups excluding tert-OH is 2. The molecule has 1 aromatic carbocycles. The monoisotopic (exact) mass is 586 g/mol. The number of nitrogens with zero attached hydrogens (tertiary/aromatic N) is 2. The Balaban J connectivity index is 1.54. The van der Waals surface area contributed by atoms with E-state index in [9.17, 15) is 23.4 Å². The van der Waals surface area contributed by atoms with Crippen LogP contribution in [0.15, 0.2) is 42.9 Å². The van der Waals surface area contributed by atoms with Crippen LogP contribution < -0.4 is 15.8 Å². The first-order valence-electron chi connectivity index (χ1n) is 10.8. The number of carbonyl (C=O) groups excluding carboxylic acids is 1. The fraction of sp³-hybridized carbons (Fsp3) is 0.273. The molecule has 5 atom stereocenters. The Kier molecular flexibility index (Phi) is 8.48. The number of nitrogens with one attached hydrogen (secondary N) is 2. The Bertz CT molecular complexity index is 1410. The van der Waals surface area contributed by atoms with E-state index in [1.54, 1.807) is 35.1 Å². The van der Waals surface area contributed by atoms with Gasteiger partial charge in [0.2, 0.25) is 5.78 Å². The van der Waals surface area contributed by atoms with E-state index in [0.29, 0.717) is 14.9 Å². The number of thiophene rings is 1. The van der Waals surface area contributed by atoms with Crippen molar-refractivity contribution in [1.29, 1.82) is 0 Å². The van der Waals surface area contributed by atoms with Crippen molar-refractivity contribution in [3.05, 3.63) is 80.3 Å². The van der Waals surface area contributed by atoms with Gasteiger partial charge in [-0.3, -0.25) is 9.35 Å². The summed E-state index contributed by atoms with van der Waals surface area (Å²) in [4.78, 5) is 21.7. The van der Waals surface area contributed by atoms with Gasteiger partial charge in [0.25, 0.3) is 0 Å². The lowest BCUT2D eigenvalue weighted by Gasteiger charge is -2.19. The van der Waals surface area contributed by atoms with Gasteiger partial charge in [0.1, 0.15) is 18.2 Å². The van der Waals surface area contributed by atoms with E-state index in [4.69, 9.17) is 33.5 Å². The van der Waals surface area contributed by atoms with Crippen molar-refractivity contribution in [2.75, 3.05) is 5.32 Å². The summed E-state index contributed by atoms with van der Waals surface area (Å²) in [5.41, 5.74) is 7.73. The lowest BCUT2D eigenvalue weighted by atomic mass is 10.0. The molecule has 2 heterocycles. The number of halogens is 2. The quantitative estimate of drug-likeness (QED) is 0.160. The predicted molar refractivity (Wildman–Crippen MR) is 139 cm³/mol. The molecule has 37 heavy (non-hydrogen) atoms. The Morgan fingerprint density at radius 3 is 2.70 bits per heavy atom. The topological polar surface area (TPSA) is 188 Å². The van der Waals surface area contributed by atoms with E-state index in [1.165, 1.54) is 12.5 Å². The minimum absolute atomic E-state index is 0.0754. The number of rotatable bonds is 9. The molecule has 7 N–H and O–H groups in total. The van der Waals surface area contributed by atoms with Crippen LogP contribution in [0.3, 0.4) is 0 Å². The van der Waals surface area contributed by atoms with Crippen LogP contribution in [-0.2, 0) is 10.3 Å². The van der Waals surface area contributed by atoms with Crippen molar-refractivity contribution < 1.29 is 28.0 Å². The highest BCUT2D eigenvalue weighted by atomic mass is 35.5. The van der Waals surface area contributed by atoms with E-state index in [2.05, 4.69) is 15.3 Å². The SMILES string of the molecule is N[C@@H](c1cccc(Cl)c1)c1cc(C(=O)c2cncnc2N[C@@H]2C[C@H]([CH]NS(=O)(=O)O)[C@@H](O)[C@H]2O)sc1Cl. The third-order valence-corrected chi connectivity index (χ3v) is 7.97. The molecule has 15 heteroatoms. The molecule has 0 amide bonds. The molecule has 0 unspecified atom stereocenters. The van der Waals surface area contributed by atoms with E-state index < -0.39 is 46.3 Å². The van der Waals surface area contributed by atoms with Crippen LogP contribution in [-0.4, -0.2) is 57.2 Å². The van der Waals surface area contributed by atoms with Gasteiger partial charge in [-0.25, -0.2) is 9.97 Å². The molecule has 197 valence electrons. The molecule has 1 aliphatic carbocycles. The van der Waals surface area contributed by atoms with Crippen LogP contribution in [0, 0.1) is 12.5 Å². The van der Waals surface area contributed by atoms with Crippen LogP contribution in [0.5, 0.6) is 0 Å². The molecule has 1 fully saturated rings. The second-order valence-corrected chi connectivity index (χ2v) is 11.7. The standard InChI is InChI=1S/C22H22Cl2N5O6S2/c23-12-3-1-2-10(4-12)17(25)13-6-16(36-21(13)24)19(31)14-8-26-9-27-22(14)29-15-5-11(18(30)20(15)32)7-28-37(33,34)35/h1-4,6-9,11,15,17-18,20,28,30,32H,5,25H2,(H,26,27,29)(H,33,34,35)/t11-,15-,17+,18-,20+/m1/s1. The molecule has 1 aliphatic rings. The first-order chi connectivity index (χ1) is 17.4. The van der Waals surface area contributed by atoms with Crippen LogP contribution in [0.4, 0.5) is 5.82 Å². The van der Waals surface area contributed by atoms with E-state index in [0.717, 1.165) is 23.4 Å². The lowest BCUT2D eigenvalue weighted by Crippen LogP contribution is -2.36. The third-order valence-electron chi connectivity index (χ3n) is 5.92. The average Bonchev–Trinajstić information content (AvgIpc) is 3.36. The summed E-state index contributed by atoms with van der Waals surface area (Å²) in [5, 5.41) is 24.2. The van der Waals surface area contributed by atoms with Gasteiger partial charge in [0.15, 0.2) is 0 Å². The zero-order valence-electron chi connectivity index (χ0n) is 18.8.